The Morgan fingerprint density at radius 3 is 2.77 bits per heavy atom. The lowest BCUT2D eigenvalue weighted by Gasteiger charge is -2.20. The van der Waals surface area contributed by atoms with Crippen molar-refractivity contribution in [2.75, 3.05) is 11.9 Å². The highest BCUT2D eigenvalue weighted by molar-refractivity contribution is 7.17. The molecule has 0 saturated heterocycles. The summed E-state index contributed by atoms with van der Waals surface area (Å²) in [5.74, 6) is 0.268. The number of rotatable bonds is 4. The van der Waals surface area contributed by atoms with Gasteiger partial charge in [-0.1, -0.05) is 12.1 Å². The highest BCUT2D eigenvalue weighted by Crippen LogP contribution is 2.27. The van der Waals surface area contributed by atoms with Crippen molar-refractivity contribution in [3.05, 3.63) is 57.7 Å². The number of aromatic amines is 1. The Kier molecular flexibility index (Phi) is 4.08. The number of hydrogen-bond acceptors (Lipinski definition) is 6. The molecular weight excluding hydrogens is 360 g/mol. The molecule has 1 aromatic carbocycles. The van der Waals surface area contributed by atoms with Crippen LogP contribution in [0.1, 0.15) is 18.1 Å². The molecule has 0 radical (unpaired) electrons. The molecule has 6 nitrogen and oxygen atoms in total. The van der Waals surface area contributed by atoms with Crippen LogP contribution >= 0.6 is 11.3 Å². The molecule has 0 atom stereocenters. The van der Waals surface area contributed by atoms with Crippen LogP contribution in [-0.2, 0) is 6.54 Å². The molecule has 0 amide bonds. The maximum atomic E-state index is 13.2. The lowest BCUT2D eigenvalue weighted by molar-refractivity contribution is 0.141. The summed E-state index contributed by atoms with van der Waals surface area (Å²) in [6.45, 7) is 0.213. The molecule has 9 heteroatoms. The fourth-order valence-electron chi connectivity index (χ4n) is 2.76. The van der Waals surface area contributed by atoms with Gasteiger partial charge in [-0.05, 0) is 23.6 Å². The number of nitrogens with one attached hydrogen (secondary N) is 1. The van der Waals surface area contributed by atoms with E-state index >= 15 is 0 Å². The topological polar surface area (TPSA) is 74.8 Å². The number of alkyl halides is 2. The zero-order valence-electron chi connectivity index (χ0n) is 13.6. The summed E-state index contributed by atoms with van der Waals surface area (Å²) in [5.41, 5.74) is 0.839. The third kappa shape index (κ3) is 2.90. The number of nitrogens with zero attached hydrogens (tertiary/aromatic N) is 4. The van der Waals surface area contributed by atoms with E-state index in [4.69, 9.17) is 0 Å². The quantitative estimate of drug-likeness (QED) is 0.593. The van der Waals surface area contributed by atoms with Crippen LogP contribution in [0.15, 0.2) is 40.5 Å². The molecule has 0 aliphatic heterocycles. The van der Waals surface area contributed by atoms with E-state index in [9.17, 15) is 13.6 Å². The first-order valence-corrected chi connectivity index (χ1v) is 8.63. The largest absolute Gasteiger partial charge is 0.352 e. The summed E-state index contributed by atoms with van der Waals surface area (Å²) in [5, 5.41) is 2.45. The van der Waals surface area contributed by atoms with Crippen molar-refractivity contribution >= 4 is 38.3 Å². The Morgan fingerprint density at radius 2 is 1.96 bits per heavy atom. The van der Waals surface area contributed by atoms with Crippen LogP contribution in [0.25, 0.3) is 21.1 Å². The predicted molar refractivity (Wildman–Crippen MR) is 96.8 cm³/mol. The zero-order chi connectivity index (χ0) is 18.3. The molecule has 3 aromatic heterocycles. The Hall–Kier alpha value is -2.94. The molecule has 0 fully saturated rings. The highest BCUT2D eigenvalue weighted by atomic mass is 32.1. The number of halogens is 2. The van der Waals surface area contributed by atoms with Crippen LogP contribution < -0.4 is 10.5 Å². The first-order valence-electron chi connectivity index (χ1n) is 7.75. The minimum absolute atomic E-state index is 0.213. The number of benzene rings is 1. The smallest absolute Gasteiger partial charge is 0.297 e. The first-order chi connectivity index (χ1) is 12.5. The fourth-order valence-corrected chi connectivity index (χ4v) is 3.49. The third-order valence-corrected chi connectivity index (χ3v) is 4.81. The minimum Gasteiger partial charge on any atom is -0.352 e. The molecule has 3 heterocycles. The number of aromatic nitrogens is 4. The van der Waals surface area contributed by atoms with Crippen LogP contribution in [0.3, 0.4) is 0 Å². The van der Waals surface area contributed by atoms with Crippen molar-refractivity contribution in [1.29, 1.82) is 0 Å². The van der Waals surface area contributed by atoms with Gasteiger partial charge in [-0.25, -0.2) is 23.7 Å². The molecule has 0 bridgehead atoms. The van der Waals surface area contributed by atoms with Crippen LogP contribution in [0.4, 0.5) is 14.6 Å². The summed E-state index contributed by atoms with van der Waals surface area (Å²) >= 11 is 1.32. The standard InChI is InChI=1S/C17H13F2N5OS/c1-24(8-12-20-11-6-7-26-13(11)17(25)22-12)16-9-4-2-3-5-10(9)21-15(23-16)14(18)19/h2-7,14H,8H2,1H3,(H,20,22,25). The molecule has 1 N–H and O–H groups in total. The van der Waals surface area contributed by atoms with Gasteiger partial charge in [-0.2, -0.15) is 0 Å². The molecule has 26 heavy (non-hydrogen) atoms. The fraction of sp³-hybridized carbons (Fsp3) is 0.176. The van der Waals surface area contributed by atoms with Gasteiger partial charge < -0.3 is 9.88 Å². The number of hydrogen-bond donors (Lipinski definition) is 1. The monoisotopic (exact) mass is 373 g/mol. The summed E-state index contributed by atoms with van der Waals surface area (Å²) in [7, 11) is 1.71. The van der Waals surface area contributed by atoms with E-state index in [-0.39, 0.29) is 12.1 Å². The van der Waals surface area contributed by atoms with Gasteiger partial charge in [0.2, 0.25) is 0 Å². The van der Waals surface area contributed by atoms with Crippen LogP contribution in [0.2, 0.25) is 0 Å². The molecule has 0 aliphatic carbocycles. The Bertz CT molecular complexity index is 1160. The number of para-hydroxylation sites is 1. The van der Waals surface area contributed by atoms with E-state index in [1.165, 1.54) is 11.3 Å². The lowest BCUT2D eigenvalue weighted by atomic mass is 10.2. The minimum atomic E-state index is -2.77. The molecule has 4 aromatic rings. The van der Waals surface area contributed by atoms with Gasteiger partial charge in [0.1, 0.15) is 16.3 Å². The second-order valence-electron chi connectivity index (χ2n) is 5.73. The lowest BCUT2D eigenvalue weighted by Crippen LogP contribution is -2.23. The van der Waals surface area contributed by atoms with Gasteiger partial charge in [-0.15, -0.1) is 11.3 Å². The van der Waals surface area contributed by atoms with E-state index in [0.29, 0.717) is 32.8 Å². The maximum absolute atomic E-state index is 13.2. The van der Waals surface area contributed by atoms with Crippen molar-refractivity contribution in [1.82, 2.24) is 19.9 Å². The molecule has 132 valence electrons. The van der Waals surface area contributed by atoms with Crippen molar-refractivity contribution < 1.29 is 8.78 Å². The Balaban J connectivity index is 1.77. The van der Waals surface area contributed by atoms with Crippen molar-refractivity contribution in [2.24, 2.45) is 0 Å². The number of anilines is 1. The molecule has 0 aliphatic rings. The summed E-state index contributed by atoms with van der Waals surface area (Å²) in [6.07, 6.45) is -2.77. The molecule has 0 saturated carbocycles. The average molecular weight is 373 g/mol. The Morgan fingerprint density at radius 1 is 1.15 bits per heavy atom. The van der Waals surface area contributed by atoms with Crippen molar-refractivity contribution in [2.45, 2.75) is 13.0 Å². The summed E-state index contributed by atoms with van der Waals surface area (Å²) in [6, 6.07) is 8.74. The number of H-pyrrole nitrogens is 1. The molecule has 4 rings (SSSR count). The predicted octanol–water partition coefficient (Wildman–Crippen LogP) is 3.50. The third-order valence-electron chi connectivity index (χ3n) is 3.91. The van der Waals surface area contributed by atoms with Gasteiger partial charge in [0.15, 0.2) is 5.82 Å². The summed E-state index contributed by atoms with van der Waals surface area (Å²) in [4.78, 5) is 28.9. The van der Waals surface area contributed by atoms with Gasteiger partial charge >= 0.3 is 0 Å². The van der Waals surface area contributed by atoms with E-state index in [2.05, 4.69) is 19.9 Å². The maximum Gasteiger partial charge on any atom is 0.297 e. The van der Waals surface area contributed by atoms with Crippen LogP contribution in [-0.4, -0.2) is 27.0 Å². The highest BCUT2D eigenvalue weighted by Gasteiger charge is 2.18. The van der Waals surface area contributed by atoms with Crippen LogP contribution in [0, 0.1) is 0 Å². The molecule has 0 spiro atoms. The van der Waals surface area contributed by atoms with E-state index in [1.807, 2.05) is 0 Å². The molecular formula is C17H13F2N5OS. The SMILES string of the molecule is CN(Cc1nc2ccsc2c(=O)[nH]1)c1nc(C(F)F)nc2ccccc12. The second kappa shape index (κ2) is 6.41. The normalized spacial score (nSPS) is 11.5. The molecule has 0 unspecified atom stereocenters. The Labute approximate surface area is 150 Å². The van der Waals surface area contributed by atoms with Gasteiger partial charge in [-0.3, -0.25) is 4.79 Å². The number of fused-ring (bicyclic) bond motifs is 2. The van der Waals surface area contributed by atoms with Gasteiger partial charge in [0, 0.05) is 12.4 Å². The van der Waals surface area contributed by atoms with Gasteiger partial charge in [0.25, 0.3) is 12.0 Å². The van der Waals surface area contributed by atoms with Crippen LogP contribution in [0.5, 0.6) is 0 Å². The van der Waals surface area contributed by atoms with E-state index in [1.54, 1.807) is 47.7 Å². The van der Waals surface area contributed by atoms with E-state index < -0.39 is 12.2 Å². The second-order valence-corrected chi connectivity index (χ2v) is 6.64. The first kappa shape index (κ1) is 16.5. The van der Waals surface area contributed by atoms with Crippen molar-refractivity contribution in [3.63, 3.8) is 0 Å². The zero-order valence-corrected chi connectivity index (χ0v) is 14.4. The number of thiophene rings is 1. The van der Waals surface area contributed by atoms with Crippen molar-refractivity contribution in [3.8, 4) is 0 Å². The summed E-state index contributed by atoms with van der Waals surface area (Å²) < 4.78 is 26.9. The average Bonchev–Trinajstić information content (AvgIpc) is 3.09. The van der Waals surface area contributed by atoms with Gasteiger partial charge in [0.05, 0.1) is 17.6 Å². The van der Waals surface area contributed by atoms with E-state index in [0.717, 1.165) is 0 Å².